The van der Waals surface area contributed by atoms with Crippen molar-refractivity contribution >= 4 is 5.91 Å². The van der Waals surface area contributed by atoms with Crippen LogP contribution in [0.3, 0.4) is 0 Å². The molecule has 3 N–H and O–H groups in total. The molecule has 0 aromatic heterocycles. The largest absolute Gasteiger partial charge is 0.481 e. The van der Waals surface area contributed by atoms with Crippen LogP contribution < -0.4 is 15.8 Å². The molecular formula is C20H30N2O2. The number of carbonyl (C=O) groups is 1. The van der Waals surface area contributed by atoms with Crippen LogP contribution in [-0.2, 0) is 4.79 Å². The predicted octanol–water partition coefficient (Wildman–Crippen LogP) is 3.17. The Morgan fingerprint density at radius 2 is 2.04 bits per heavy atom. The first-order valence-electron chi connectivity index (χ1n) is 9.36. The summed E-state index contributed by atoms with van der Waals surface area (Å²) in [6.07, 6.45) is 5.96. The SMILES string of the molecule is CCC(Oc1cccc(C)c1)C(=O)NC1C2CCCC1CC(N)C2. The molecule has 24 heavy (non-hydrogen) atoms. The van der Waals surface area contributed by atoms with Gasteiger partial charge in [0, 0.05) is 12.1 Å². The average molecular weight is 330 g/mol. The Labute approximate surface area is 145 Å². The zero-order valence-corrected chi connectivity index (χ0v) is 14.8. The maximum absolute atomic E-state index is 12.8. The molecule has 0 spiro atoms. The van der Waals surface area contributed by atoms with E-state index in [4.69, 9.17) is 10.5 Å². The molecule has 2 aliphatic carbocycles. The molecule has 2 saturated carbocycles. The highest BCUT2D eigenvalue weighted by molar-refractivity contribution is 5.81. The van der Waals surface area contributed by atoms with E-state index in [1.54, 1.807) is 0 Å². The van der Waals surface area contributed by atoms with E-state index in [0.717, 1.165) is 24.2 Å². The number of rotatable bonds is 5. The normalized spacial score (nSPS) is 30.5. The van der Waals surface area contributed by atoms with Crippen molar-refractivity contribution in [2.75, 3.05) is 0 Å². The molecule has 0 heterocycles. The third-order valence-corrected chi connectivity index (χ3v) is 5.62. The number of carbonyl (C=O) groups excluding carboxylic acids is 1. The Kier molecular flexibility index (Phi) is 5.44. The fraction of sp³-hybridized carbons (Fsp3) is 0.650. The minimum Gasteiger partial charge on any atom is -0.481 e. The number of amides is 1. The Morgan fingerprint density at radius 1 is 1.33 bits per heavy atom. The molecule has 132 valence electrons. The molecule has 1 aromatic rings. The highest BCUT2D eigenvalue weighted by Gasteiger charge is 2.40. The second kappa shape index (κ2) is 7.56. The summed E-state index contributed by atoms with van der Waals surface area (Å²) in [6.45, 7) is 4.03. The number of aryl methyl sites for hydroxylation is 1. The van der Waals surface area contributed by atoms with Crippen LogP contribution in [-0.4, -0.2) is 24.1 Å². The Hall–Kier alpha value is -1.55. The van der Waals surface area contributed by atoms with E-state index in [2.05, 4.69) is 5.32 Å². The van der Waals surface area contributed by atoms with Crippen LogP contribution in [0, 0.1) is 18.8 Å². The number of benzene rings is 1. The Balaban J connectivity index is 1.64. The van der Waals surface area contributed by atoms with Gasteiger partial charge >= 0.3 is 0 Å². The maximum atomic E-state index is 12.8. The minimum absolute atomic E-state index is 0.0244. The van der Waals surface area contributed by atoms with E-state index < -0.39 is 6.10 Å². The first-order chi connectivity index (χ1) is 11.6. The van der Waals surface area contributed by atoms with Crippen LogP contribution in [0.2, 0.25) is 0 Å². The Bertz CT molecular complexity index is 561. The molecule has 2 aliphatic rings. The average Bonchev–Trinajstić information content (AvgIpc) is 2.53. The molecule has 2 bridgehead atoms. The summed E-state index contributed by atoms with van der Waals surface area (Å²) in [7, 11) is 0. The summed E-state index contributed by atoms with van der Waals surface area (Å²) in [5.74, 6) is 1.86. The number of hydrogen-bond acceptors (Lipinski definition) is 3. The van der Waals surface area contributed by atoms with Gasteiger partial charge in [0.1, 0.15) is 5.75 Å². The van der Waals surface area contributed by atoms with E-state index in [0.29, 0.717) is 24.3 Å². The summed E-state index contributed by atoms with van der Waals surface area (Å²) < 4.78 is 5.95. The van der Waals surface area contributed by atoms with Gasteiger partial charge in [0.2, 0.25) is 0 Å². The Morgan fingerprint density at radius 3 is 2.67 bits per heavy atom. The van der Waals surface area contributed by atoms with Crippen molar-refractivity contribution in [3.05, 3.63) is 29.8 Å². The topological polar surface area (TPSA) is 64.3 Å². The molecule has 3 rings (SSSR count). The van der Waals surface area contributed by atoms with Crippen LogP contribution in [0.25, 0.3) is 0 Å². The molecular weight excluding hydrogens is 300 g/mol. The van der Waals surface area contributed by atoms with Crippen molar-refractivity contribution < 1.29 is 9.53 Å². The molecule has 3 atom stereocenters. The van der Waals surface area contributed by atoms with Crippen molar-refractivity contribution in [1.82, 2.24) is 5.32 Å². The maximum Gasteiger partial charge on any atom is 0.261 e. The molecule has 0 saturated heterocycles. The number of ether oxygens (including phenoxy) is 1. The second-order valence-electron chi connectivity index (χ2n) is 7.55. The zero-order valence-electron chi connectivity index (χ0n) is 14.8. The van der Waals surface area contributed by atoms with Crippen molar-refractivity contribution in [1.29, 1.82) is 0 Å². The van der Waals surface area contributed by atoms with Crippen LogP contribution in [0.1, 0.15) is 51.0 Å². The quantitative estimate of drug-likeness (QED) is 0.871. The number of nitrogens with two attached hydrogens (primary N) is 1. The number of nitrogens with one attached hydrogen (secondary N) is 1. The molecule has 0 radical (unpaired) electrons. The van der Waals surface area contributed by atoms with Crippen molar-refractivity contribution in [3.8, 4) is 5.75 Å². The monoisotopic (exact) mass is 330 g/mol. The van der Waals surface area contributed by atoms with Crippen molar-refractivity contribution in [2.24, 2.45) is 17.6 Å². The molecule has 2 fully saturated rings. The van der Waals surface area contributed by atoms with Crippen LogP contribution in [0.15, 0.2) is 24.3 Å². The lowest BCUT2D eigenvalue weighted by Gasteiger charge is -2.45. The number of fused-ring (bicyclic) bond motifs is 2. The van der Waals surface area contributed by atoms with E-state index >= 15 is 0 Å². The predicted molar refractivity (Wildman–Crippen MR) is 95.9 cm³/mol. The van der Waals surface area contributed by atoms with Gasteiger partial charge in [0.15, 0.2) is 6.10 Å². The van der Waals surface area contributed by atoms with Gasteiger partial charge in [-0.05, 0) is 68.6 Å². The molecule has 4 heteroatoms. The first kappa shape index (κ1) is 17.3. The van der Waals surface area contributed by atoms with Gasteiger partial charge in [0.05, 0.1) is 0 Å². The van der Waals surface area contributed by atoms with E-state index in [1.807, 2.05) is 38.1 Å². The van der Waals surface area contributed by atoms with Crippen LogP contribution in [0.5, 0.6) is 5.75 Å². The number of hydrogen-bond donors (Lipinski definition) is 2. The molecule has 1 amide bonds. The van der Waals surface area contributed by atoms with Gasteiger partial charge in [-0.3, -0.25) is 4.79 Å². The van der Waals surface area contributed by atoms with E-state index in [1.165, 1.54) is 19.3 Å². The summed E-state index contributed by atoms with van der Waals surface area (Å²) in [4.78, 5) is 12.8. The lowest BCUT2D eigenvalue weighted by molar-refractivity contribution is -0.130. The lowest BCUT2D eigenvalue weighted by Crippen LogP contribution is -2.56. The smallest absolute Gasteiger partial charge is 0.261 e. The van der Waals surface area contributed by atoms with Gasteiger partial charge in [0.25, 0.3) is 5.91 Å². The fourth-order valence-electron chi connectivity index (χ4n) is 4.46. The third kappa shape index (κ3) is 3.92. The zero-order chi connectivity index (χ0) is 17.1. The van der Waals surface area contributed by atoms with Crippen LogP contribution >= 0.6 is 0 Å². The highest BCUT2D eigenvalue weighted by Crippen LogP contribution is 2.39. The van der Waals surface area contributed by atoms with Crippen molar-refractivity contribution in [2.45, 2.75) is 70.6 Å². The molecule has 4 nitrogen and oxygen atoms in total. The summed E-state index contributed by atoms with van der Waals surface area (Å²) in [5, 5.41) is 3.31. The summed E-state index contributed by atoms with van der Waals surface area (Å²) in [6, 6.07) is 8.46. The lowest BCUT2D eigenvalue weighted by atomic mass is 9.67. The standard InChI is InChI=1S/C20H30N2O2/c1-3-18(24-17-9-4-6-13(2)10-17)20(23)22-19-14-7-5-8-15(19)12-16(21)11-14/h4,6,9-10,14-16,18-19H,3,5,7-8,11-12,21H2,1-2H3,(H,22,23). The van der Waals surface area contributed by atoms with Crippen LogP contribution in [0.4, 0.5) is 0 Å². The van der Waals surface area contributed by atoms with Gasteiger partial charge < -0.3 is 15.8 Å². The summed E-state index contributed by atoms with van der Waals surface area (Å²) in [5.41, 5.74) is 7.32. The fourth-order valence-corrected chi connectivity index (χ4v) is 4.46. The van der Waals surface area contributed by atoms with Gasteiger partial charge in [-0.15, -0.1) is 0 Å². The second-order valence-corrected chi connectivity index (χ2v) is 7.55. The van der Waals surface area contributed by atoms with E-state index in [-0.39, 0.29) is 11.9 Å². The first-order valence-corrected chi connectivity index (χ1v) is 9.36. The summed E-state index contributed by atoms with van der Waals surface area (Å²) >= 11 is 0. The van der Waals surface area contributed by atoms with Crippen molar-refractivity contribution in [3.63, 3.8) is 0 Å². The van der Waals surface area contributed by atoms with Gasteiger partial charge in [-0.25, -0.2) is 0 Å². The third-order valence-electron chi connectivity index (χ3n) is 5.62. The molecule has 1 aromatic carbocycles. The van der Waals surface area contributed by atoms with E-state index in [9.17, 15) is 4.79 Å². The molecule has 0 aliphatic heterocycles. The van der Waals surface area contributed by atoms with Gasteiger partial charge in [-0.2, -0.15) is 0 Å². The highest BCUT2D eigenvalue weighted by atomic mass is 16.5. The molecule has 3 unspecified atom stereocenters. The minimum atomic E-state index is -0.428. The van der Waals surface area contributed by atoms with Gasteiger partial charge in [-0.1, -0.05) is 25.5 Å².